The highest BCUT2D eigenvalue weighted by molar-refractivity contribution is 5.28. The number of fused-ring (bicyclic) bond motifs is 5. The van der Waals surface area contributed by atoms with Gasteiger partial charge in [-0.1, -0.05) is 135 Å². The van der Waals surface area contributed by atoms with Crippen LogP contribution in [0.4, 0.5) is 0 Å². The molecule has 0 aromatic rings. The maximum atomic E-state index is 7.77. The molecule has 1 saturated heterocycles. The van der Waals surface area contributed by atoms with E-state index in [1.54, 1.807) is 5.57 Å². The Balaban J connectivity index is 0.978. The van der Waals surface area contributed by atoms with Gasteiger partial charge < -0.3 is 19.9 Å². The van der Waals surface area contributed by atoms with Crippen molar-refractivity contribution in [1.29, 1.82) is 0 Å². The topological polar surface area (TPSA) is 57.0 Å². The minimum Gasteiger partial charge on any atom is -0.379 e. The Morgan fingerprint density at radius 3 is 2.28 bits per heavy atom. The zero-order valence-corrected chi connectivity index (χ0v) is 40.5. The van der Waals surface area contributed by atoms with Crippen molar-refractivity contribution < 1.29 is 14.2 Å². The monoisotopic (exact) mass is 835 g/mol. The van der Waals surface area contributed by atoms with Crippen molar-refractivity contribution in [2.24, 2.45) is 52.1 Å². The highest BCUT2D eigenvalue weighted by Gasteiger charge is 2.65. The van der Waals surface area contributed by atoms with E-state index in [0.29, 0.717) is 23.4 Å². The minimum absolute atomic E-state index is 0.00999. The number of allylic oxidation sites excluding steroid dienone is 6. The maximum absolute atomic E-state index is 7.77. The Morgan fingerprint density at radius 2 is 1.53 bits per heavy atom. The lowest BCUT2D eigenvalue weighted by Crippen LogP contribution is -2.65. The zero-order chi connectivity index (χ0) is 42.7. The van der Waals surface area contributed by atoms with Crippen LogP contribution < -0.4 is 5.73 Å². The van der Waals surface area contributed by atoms with Gasteiger partial charge in [-0.15, -0.1) is 0 Å². The summed E-state index contributed by atoms with van der Waals surface area (Å²) in [7, 11) is 0. The van der Waals surface area contributed by atoms with Crippen LogP contribution in [0.5, 0.6) is 0 Å². The molecule has 4 aliphatic carbocycles. The van der Waals surface area contributed by atoms with Gasteiger partial charge in [-0.25, -0.2) is 0 Å². The molecule has 4 fully saturated rings. The van der Waals surface area contributed by atoms with Crippen molar-refractivity contribution >= 4 is 0 Å². The van der Waals surface area contributed by atoms with Crippen molar-refractivity contribution in [3.63, 3.8) is 0 Å². The molecule has 2 N–H and O–H groups in total. The molecule has 0 spiro atoms. The molecule has 5 heteroatoms. The second-order valence-electron chi connectivity index (χ2n) is 21.9. The van der Waals surface area contributed by atoms with Gasteiger partial charge >= 0.3 is 0 Å². The maximum Gasteiger partial charge on any atom is 0.0934 e. The summed E-state index contributed by atoms with van der Waals surface area (Å²) in [5.41, 5.74) is 10.2. The molecule has 0 radical (unpaired) electrons. The van der Waals surface area contributed by atoms with E-state index in [9.17, 15) is 0 Å². The molecule has 0 amide bonds. The number of nitrogens with zero attached hydrogens (tertiary/aromatic N) is 1. The van der Waals surface area contributed by atoms with Crippen LogP contribution in [0.3, 0.4) is 0 Å². The highest BCUT2D eigenvalue weighted by Crippen LogP contribution is 2.68. The first kappa shape index (κ1) is 50.0. The number of nitrogens with two attached hydrogens (primary N) is 1. The summed E-state index contributed by atoms with van der Waals surface area (Å²) in [5.74, 6) is 4.64. The highest BCUT2D eigenvalue weighted by atomic mass is 16.5. The van der Waals surface area contributed by atoms with Crippen molar-refractivity contribution in [2.45, 2.75) is 214 Å². The van der Waals surface area contributed by atoms with E-state index in [1.165, 1.54) is 141 Å². The quantitative estimate of drug-likeness (QED) is 0.0601. The molecule has 5 nitrogen and oxygen atoms in total. The molecule has 5 rings (SSSR count). The third-order valence-electron chi connectivity index (χ3n) is 17.2. The molecule has 1 aliphatic heterocycles. The van der Waals surface area contributed by atoms with Gasteiger partial charge in [0.05, 0.1) is 25.9 Å². The van der Waals surface area contributed by atoms with E-state index in [-0.39, 0.29) is 11.6 Å². The van der Waals surface area contributed by atoms with Crippen LogP contribution in [0.2, 0.25) is 0 Å². The van der Waals surface area contributed by atoms with Crippen LogP contribution in [0, 0.1) is 46.3 Å². The molecule has 1 heterocycles. The summed E-state index contributed by atoms with van der Waals surface area (Å²) < 4.78 is 18.6. The van der Waals surface area contributed by atoms with Gasteiger partial charge in [0.1, 0.15) is 0 Å². The lowest BCUT2D eigenvalue weighted by atomic mass is 9.44. The number of ether oxygens (including phenoxy) is 3. The number of unbranched alkanes of at least 4 members (excludes halogenated alkanes) is 9. The summed E-state index contributed by atoms with van der Waals surface area (Å²) in [6.45, 7) is 22.0. The fourth-order valence-electron chi connectivity index (χ4n) is 13.3. The Hall–Kier alpha value is -0.980. The van der Waals surface area contributed by atoms with Crippen LogP contribution >= 0.6 is 0 Å². The predicted octanol–water partition coefficient (Wildman–Crippen LogP) is 14.1. The van der Waals surface area contributed by atoms with Crippen molar-refractivity contribution in [1.82, 2.24) is 4.90 Å². The molecule has 1 unspecified atom stereocenters. The largest absolute Gasteiger partial charge is 0.379 e. The fourth-order valence-corrected chi connectivity index (χ4v) is 13.3. The smallest absolute Gasteiger partial charge is 0.0934 e. The lowest BCUT2D eigenvalue weighted by Gasteiger charge is -2.62. The van der Waals surface area contributed by atoms with E-state index >= 15 is 0 Å². The van der Waals surface area contributed by atoms with Crippen LogP contribution in [-0.2, 0) is 14.2 Å². The SMILES string of the molecule is CCCCC/C=C\C/C=C\CCCCCCCCOCC(CN1CCOCC1)OCCC[C@H]1CC[C@@]2(C)C(=CC[C@@H]3[C@@H]2CC[C@]2(C)[C@@H]([C@H](C)CCCC(C)C)CC[C@@]32N)C1. The summed E-state index contributed by atoms with van der Waals surface area (Å²) in [6, 6.07) is 0. The summed E-state index contributed by atoms with van der Waals surface area (Å²) in [4.78, 5) is 2.52. The second-order valence-corrected chi connectivity index (χ2v) is 21.9. The molecule has 0 aromatic carbocycles. The molecular formula is C55H98N2O3. The van der Waals surface area contributed by atoms with Crippen molar-refractivity contribution in [3.8, 4) is 0 Å². The van der Waals surface area contributed by atoms with Crippen molar-refractivity contribution in [3.05, 3.63) is 36.0 Å². The number of rotatable bonds is 29. The number of morpholine rings is 1. The third kappa shape index (κ3) is 14.3. The van der Waals surface area contributed by atoms with E-state index in [0.717, 1.165) is 94.9 Å². The van der Waals surface area contributed by atoms with Gasteiger partial charge in [-0.05, 0) is 149 Å². The van der Waals surface area contributed by atoms with Crippen molar-refractivity contribution in [2.75, 3.05) is 52.7 Å². The molecule has 0 aromatic heterocycles. The summed E-state index contributed by atoms with van der Waals surface area (Å²) >= 11 is 0. The molecule has 3 saturated carbocycles. The Kier molecular flexibility index (Phi) is 21.8. The van der Waals surface area contributed by atoms with Crippen LogP contribution in [0.15, 0.2) is 36.0 Å². The van der Waals surface area contributed by atoms with Gasteiger partial charge in [0.2, 0.25) is 0 Å². The second kappa shape index (κ2) is 26.1. The van der Waals surface area contributed by atoms with Gasteiger partial charge in [0, 0.05) is 38.4 Å². The third-order valence-corrected chi connectivity index (χ3v) is 17.2. The van der Waals surface area contributed by atoms with Gasteiger partial charge in [-0.2, -0.15) is 0 Å². The molecular weight excluding hydrogens is 737 g/mol. The molecule has 0 bridgehead atoms. The van der Waals surface area contributed by atoms with Gasteiger partial charge in [0.15, 0.2) is 0 Å². The molecule has 9 atom stereocenters. The average molecular weight is 835 g/mol. The molecule has 5 aliphatic rings. The zero-order valence-electron chi connectivity index (χ0n) is 40.5. The summed E-state index contributed by atoms with van der Waals surface area (Å²) in [5, 5.41) is 0. The summed E-state index contributed by atoms with van der Waals surface area (Å²) in [6.07, 6.45) is 44.8. The van der Waals surface area contributed by atoms with E-state index < -0.39 is 0 Å². The van der Waals surface area contributed by atoms with Crippen LogP contribution in [0.25, 0.3) is 0 Å². The van der Waals surface area contributed by atoms with E-state index in [2.05, 4.69) is 76.8 Å². The average Bonchev–Trinajstić information content (AvgIpc) is 3.52. The lowest BCUT2D eigenvalue weighted by molar-refractivity contribution is -0.0708. The van der Waals surface area contributed by atoms with Gasteiger partial charge in [0.25, 0.3) is 0 Å². The van der Waals surface area contributed by atoms with Crippen LogP contribution in [-0.4, -0.2) is 69.2 Å². The first-order valence-electron chi connectivity index (χ1n) is 26.4. The standard InChI is InChI=1S/C55H98N2O3/c1-7-8-9-10-11-12-13-14-15-16-17-18-19-20-21-22-38-59-44-49(43-57-36-40-58-41-37-57)60-39-24-27-47-30-33-53(5)48(42-47)28-29-52-51(53)31-34-54(6)50(32-35-55(52,54)56)46(4)26-23-25-45(2)3/h11-12,14-15,28,45-47,49-52H,7-10,13,16-27,29-44,56H2,1-6H3/b12-11-,15-14-/t46-,47+,49?,50-,51+,52-,53+,54-,55-/m1/s1. The first-order valence-corrected chi connectivity index (χ1v) is 26.4. The Bertz CT molecular complexity index is 1270. The van der Waals surface area contributed by atoms with E-state index in [1.807, 2.05) is 0 Å². The predicted molar refractivity (Wildman–Crippen MR) is 256 cm³/mol. The normalized spacial score (nSPS) is 32.0. The fraction of sp³-hybridized carbons (Fsp3) is 0.891. The molecule has 346 valence electrons. The van der Waals surface area contributed by atoms with Crippen LogP contribution in [0.1, 0.15) is 202 Å². The Labute approximate surface area is 372 Å². The number of hydrogen-bond donors (Lipinski definition) is 1. The first-order chi connectivity index (χ1) is 29.1. The van der Waals surface area contributed by atoms with E-state index in [4.69, 9.17) is 19.9 Å². The Morgan fingerprint density at radius 1 is 0.800 bits per heavy atom. The molecule has 60 heavy (non-hydrogen) atoms. The number of hydrogen-bond acceptors (Lipinski definition) is 5. The van der Waals surface area contributed by atoms with Gasteiger partial charge in [-0.3, -0.25) is 4.90 Å². The minimum atomic E-state index is 0.00999.